The fourth-order valence-corrected chi connectivity index (χ4v) is 10.1. The molecule has 0 fully saturated rings. The van der Waals surface area contributed by atoms with Crippen LogP contribution in [0.2, 0.25) is 0 Å². The van der Waals surface area contributed by atoms with Crippen LogP contribution in [0.3, 0.4) is 0 Å². The highest BCUT2D eigenvalue weighted by atomic mass is 16.3. The highest BCUT2D eigenvalue weighted by Gasteiger charge is 2.46. The summed E-state index contributed by atoms with van der Waals surface area (Å²) in [5, 5.41) is 2.16. The minimum absolute atomic E-state index is 0.552. The van der Waals surface area contributed by atoms with E-state index < -0.39 is 5.41 Å². The number of hydrogen-bond donors (Lipinski definition) is 0. The third kappa shape index (κ3) is 6.02. The molecular formula is C61H41NO. The highest BCUT2D eigenvalue weighted by Crippen LogP contribution is 2.57. The maximum Gasteiger partial charge on any atom is 0.137 e. The van der Waals surface area contributed by atoms with E-state index in [1.807, 2.05) is 0 Å². The van der Waals surface area contributed by atoms with E-state index in [-0.39, 0.29) is 0 Å². The summed E-state index contributed by atoms with van der Waals surface area (Å²) in [7, 11) is 0. The first-order valence-electron chi connectivity index (χ1n) is 21.7. The van der Waals surface area contributed by atoms with E-state index in [9.17, 15) is 0 Å². The molecule has 0 amide bonds. The minimum Gasteiger partial charge on any atom is -0.456 e. The summed E-state index contributed by atoms with van der Waals surface area (Å²) >= 11 is 0. The Morgan fingerprint density at radius 1 is 0.317 bits per heavy atom. The van der Waals surface area contributed by atoms with Crippen LogP contribution in [0.1, 0.15) is 22.3 Å². The van der Waals surface area contributed by atoms with E-state index in [0.29, 0.717) is 0 Å². The molecule has 296 valence electrons. The number of rotatable bonds is 8. The van der Waals surface area contributed by atoms with Crippen molar-refractivity contribution < 1.29 is 4.42 Å². The zero-order chi connectivity index (χ0) is 41.7. The second-order valence-electron chi connectivity index (χ2n) is 16.4. The van der Waals surface area contributed by atoms with Gasteiger partial charge in [-0.15, -0.1) is 0 Å². The summed E-state index contributed by atoms with van der Waals surface area (Å²) in [4.78, 5) is 2.40. The lowest BCUT2D eigenvalue weighted by Gasteiger charge is -2.35. The summed E-state index contributed by atoms with van der Waals surface area (Å²) in [6.07, 6.45) is 0. The number of hydrogen-bond acceptors (Lipinski definition) is 2. The van der Waals surface area contributed by atoms with Crippen molar-refractivity contribution in [2.75, 3.05) is 4.90 Å². The topological polar surface area (TPSA) is 16.4 Å². The molecule has 0 radical (unpaired) electrons. The maximum atomic E-state index is 6.63. The van der Waals surface area contributed by atoms with E-state index in [2.05, 4.69) is 254 Å². The largest absolute Gasteiger partial charge is 0.456 e. The molecule has 0 aliphatic heterocycles. The van der Waals surface area contributed by atoms with Crippen molar-refractivity contribution in [3.8, 4) is 44.5 Å². The van der Waals surface area contributed by atoms with Gasteiger partial charge in [0.15, 0.2) is 0 Å². The average molecular weight is 804 g/mol. The number of furan rings is 1. The van der Waals surface area contributed by atoms with Gasteiger partial charge in [-0.05, 0) is 121 Å². The van der Waals surface area contributed by atoms with Gasteiger partial charge in [-0.25, -0.2) is 0 Å². The second kappa shape index (κ2) is 15.1. The summed E-state index contributed by atoms with van der Waals surface area (Å²) in [6, 6.07) is 90.2. The summed E-state index contributed by atoms with van der Waals surface area (Å²) in [6.45, 7) is 0. The number of anilines is 3. The van der Waals surface area contributed by atoms with E-state index >= 15 is 0 Å². The van der Waals surface area contributed by atoms with E-state index in [1.54, 1.807) is 0 Å². The van der Waals surface area contributed by atoms with Crippen LogP contribution in [0, 0.1) is 0 Å². The van der Waals surface area contributed by atoms with Crippen molar-refractivity contribution >= 4 is 39.0 Å². The molecular weight excluding hydrogens is 763 g/mol. The monoisotopic (exact) mass is 803 g/mol. The average Bonchev–Trinajstić information content (AvgIpc) is 3.89. The predicted molar refractivity (Wildman–Crippen MR) is 262 cm³/mol. The fourth-order valence-electron chi connectivity index (χ4n) is 10.1. The van der Waals surface area contributed by atoms with E-state index in [0.717, 1.165) is 50.1 Å². The molecule has 0 saturated carbocycles. The molecule has 1 aromatic heterocycles. The molecule has 10 aromatic carbocycles. The molecule has 0 unspecified atom stereocenters. The van der Waals surface area contributed by atoms with Crippen molar-refractivity contribution in [2.45, 2.75) is 5.41 Å². The van der Waals surface area contributed by atoms with Gasteiger partial charge in [-0.3, -0.25) is 0 Å². The van der Waals surface area contributed by atoms with Gasteiger partial charge < -0.3 is 9.32 Å². The second-order valence-corrected chi connectivity index (χ2v) is 16.4. The van der Waals surface area contributed by atoms with Gasteiger partial charge >= 0.3 is 0 Å². The Balaban J connectivity index is 1.08. The minimum atomic E-state index is -0.552. The molecule has 0 N–H and O–H groups in total. The summed E-state index contributed by atoms with van der Waals surface area (Å²) in [5.41, 5.74) is 19.0. The number of nitrogens with zero attached hydrogens (tertiary/aromatic N) is 1. The highest BCUT2D eigenvalue weighted by molar-refractivity contribution is 6.14. The van der Waals surface area contributed by atoms with Gasteiger partial charge in [0, 0.05) is 16.8 Å². The molecule has 2 heteroatoms. The van der Waals surface area contributed by atoms with Crippen LogP contribution < -0.4 is 4.90 Å². The third-order valence-corrected chi connectivity index (χ3v) is 12.9. The van der Waals surface area contributed by atoms with Crippen LogP contribution >= 0.6 is 0 Å². The Hall–Kier alpha value is -8.20. The van der Waals surface area contributed by atoms with Crippen molar-refractivity contribution in [2.24, 2.45) is 0 Å². The Labute approximate surface area is 367 Å². The molecule has 0 atom stereocenters. The molecule has 2 nitrogen and oxygen atoms in total. The van der Waals surface area contributed by atoms with Crippen LogP contribution in [0.15, 0.2) is 253 Å². The lowest BCUT2D eigenvalue weighted by molar-refractivity contribution is 0.669. The van der Waals surface area contributed by atoms with Crippen LogP contribution in [0.4, 0.5) is 17.1 Å². The van der Waals surface area contributed by atoms with Crippen molar-refractivity contribution in [3.63, 3.8) is 0 Å². The van der Waals surface area contributed by atoms with Gasteiger partial charge in [0.1, 0.15) is 11.2 Å². The fraction of sp³-hybridized carbons (Fsp3) is 0.0164. The van der Waals surface area contributed by atoms with E-state index in [1.165, 1.54) is 55.6 Å². The third-order valence-electron chi connectivity index (χ3n) is 12.9. The normalized spacial score (nSPS) is 12.6. The Morgan fingerprint density at radius 2 is 0.841 bits per heavy atom. The Kier molecular flexibility index (Phi) is 8.76. The standard InChI is InChI=1S/C61H41NO/c1-4-17-42(18-5-1)45-23-14-25-49(39-45)61(55-29-12-10-27-52(55)53-28-11-13-30-56(53)61)48-34-36-50(37-35-48)62(51-26-15-24-46(40-51)43-19-6-2-7-20-43)57-31-16-32-59-60(57)54-41-47(33-38-58(54)63-59)44-21-8-3-9-22-44/h1-41H. The smallest absolute Gasteiger partial charge is 0.137 e. The Bertz CT molecular complexity index is 3400. The molecule has 11 aromatic rings. The van der Waals surface area contributed by atoms with Crippen molar-refractivity contribution in [1.82, 2.24) is 0 Å². The van der Waals surface area contributed by atoms with Crippen LogP contribution in [-0.2, 0) is 5.41 Å². The zero-order valence-corrected chi connectivity index (χ0v) is 34.5. The van der Waals surface area contributed by atoms with Gasteiger partial charge in [0.2, 0.25) is 0 Å². The number of benzene rings is 10. The molecule has 1 aliphatic rings. The van der Waals surface area contributed by atoms with Gasteiger partial charge in [-0.1, -0.05) is 194 Å². The Morgan fingerprint density at radius 3 is 1.48 bits per heavy atom. The van der Waals surface area contributed by atoms with Crippen LogP contribution in [0.25, 0.3) is 66.4 Å². The molecule has 63 heavy (non-hydrogen) atoms. The predicted octanol–water partition coefficient (Wildman–Crippen LogP) is 16.4. The van der Waals surface area contributed by atoms with E-state index in [4.69, 9.17) is 4.42 Å². The lowest BCUT2D eigenvalue weighted by atomic mass is 9.67. The molecule has 1 heterocycles. The van der Waals surface area contributed by atoms with Gasteiger partial charge in [0.25, 0.3) is 0 Å². The van der Waals surface area contributed by atoms with Gasteiger partial charge in [-0.2, -0.15) is 0 Å². The van der Waals surface area contributed by atoms with Gasteiger partial charge in [0.05, 0.1) is 16.5 Å². The molecule has 12 rings (SSSR count). The SMILES string of the molecule is c1ccc(-c2cccc(N(c3ccc(C4(c5cccc(-c6ccccc6)c5)c5ccccc5-c5ccccc54)cc3)c3cccc4oc5ccc(-c6ccccc6)cc5c34)c2)cc1. The lowest BCUT2D eigenvalue weighted by Crippen LogP contribution is -2.28. The molecule has 0 saturated heterocycles. The van der Waals surface area contributed by atoms with Crippen LogP contribution in [-0.4, -0.2) is 0 Å². The molecule has 0 bridgehead atoms. The van der Waals surface area contributed by atoms with Crippen molar-refractivity contribution in [3.05, 3.63) is 271 Å². The number of fused-ring (bicyclic) bond motifs is 6. The zero-order valence-electron chi connectivity index (χ0n) is 34.5. The van der Waals surface area contributed by atoms with Crippen molar-refractivity contribution in [1.29, 1.82) is 0 Å². The first-order valence-corrected chi connectivity index (χ1v) is 21.7. The first-order chi connectivity index (χ1) is 31.2. The first kappa shape index (κ1) is 36.6. The molecule has 1 aliphatic carbocycles. The molecule has 0 spiro atoms. The summed E-state index contributed by atoms with van der Waals surface area (Å²) in [5.74, 6) is 0. The quantitative estimate of drug-likeness (QED) is 0.152. The maximum absolute atomic E-state index is 6.63. The summed E-state index contributed by atoms with van der Waals surface area (Å²) < 4.78 is 6.63. The van der Waals surface area contributed by atoms with Crippen LogP contribution in [0.5, 0.6) is 0 Å².